The van der Waals surface area contributed by atoms with Crippen LogP contribution in [0.15, 0.2) is 53.7 Å². The predicted molar refractivity (Wildman–Crippen MR) is 112 cm³/mol. The second kappa shape index (κ2) is 8.08. The molecule has 1 fully saturated rings. The van der Waals surface area contributed by atoms with Gasteiger partial charge in [0.25, 0.3) is 0 Å². The van der Waals surface area contributed by atoms with Gasteiger partial charge in [0.15, 0.2) is 11.6 Å². The quantitative estimate of drug-likeness (QED) is 0.516. The van der Waals surface area contributed by atoms with Gasteiger partial charge in [-0.1, -0.05) is 30.3 Å². The number of thioether (sulfide) groups is 1. The SMILES string of the molecule is c1ccc([C@H](Cn2ccnc2)Nc2nc3nonc3nc2N2CCSCC2)cc1. The van der Waals surface area contributed by atoms with Crippen LogP contribution in [0.3, 0.4) is 0 Å². The van der Waals surface area contributed by atoms with Crippen molar-refractivity contribution in [2.45, 2.75) is 12.6 Å². The zero-order chi connectivity index (χ0) is 19.5. The Kier molecular flexibility index (Phi) is 4.99. The van der Waals surface area contributed by atoms with Crippen molar-refractivity contribution in [1.82, 2.24) is 29.8 Å². The zero-order valence-electron chi connectivity index (χ0n) is 15.7. The van der Waals surface area contributed by atoms with Crippen molar-refractivity contribution < 1.29 is 4.63 Å². The Morgan fingerprint density at radius 2 is 1.86 bits per heavy atom. The molecule has 1 saturated heterocycles. The highest BCUT2D eigenvalue weighted by molar-refractivity contribution is 7.99. The minimum atomic E-state index is -0.0186. The van der Waals surface area contributed by atoms with E-state index in [0.29, 0.717) is 23.7 Å². The summed E-state index contributed by atoms with van der Waals surface area (Å²) in [6, 6.07) is 10.3. The van der Waals surface area contributed by atoms with Crippen molar-refractivity contribution in [2.24, 2.45) is 0 Å². The van der Waals surface area contributed by atoms with Crippen molar-refractivity contribution in [1.29, 1.82) is 0 Å². The van der Waals surface area contributed by atoms with Crippen LogP contribution in [-0.4, -0.2) is 54.4 Å². The second-order valence-corrected chi connectivity index (χ2v) is 8.00. The number of hydrogen-bond donors (Lipinski definition) is 1. The number of fused-ring (bicyclic) bond motifs is 1. The molecule has 0 amide bonds. The monoisotopic (exact) mass is 408 g/mol. The number of imidazole rings is 1. The molecule has 1 atom stereocenters. The molecule has 1 aromatic carbocycles. The molecular formula is C19H20N8OS. The first-order chi connectivity index (χ1) is 14.4. The topological polar surface area (TPSA) is 97.8 Å². The van der Waals surface area contributed by atoms with E-state index < -0.39 is 0 Å². The Hall–Kier alpha value is -3.14. The largest absolute Gasteiger partial charge is 0.358 e. The van der Waals surface area contributed by atoms with E-state index in [0.717, 1.165) is 36.0 Å². The van der Waals surface area contributed by atoms with Crippen LogP contribution >= 0.6 is 11.8 Å². The molecular weight excluding hydrogens is 388 g/mol. The third-order valence-electron chi connectivity index (χ3n) is 4.87. The lowest BCUT2D eigenvalue weighted by Gasteiger charge is -2.30. The molecule has 4 aromatic rings. The lowest BCUT2D eigenvalue weighted by Crippen LogP contribution is -2.34. The molecule has 0 aliphatic carbocycles. The van der Waals surface area contributed by atoms with Crippen LogP contribution in [0, 0.1) is 0 Å². The number of aromatic nitrogens is 6. The van der Waals surface area contributed by atoms with Gasteiger partial charge in [0.05, 0.1) is 12.4 Å². The third-order valence-corrected chi connectivity index (χ3v) is 5.81. The number of nitrogens with zero attached hydrogens (tertiary/aromatic N) is 7. The fourth-order valence-corrected chi connectivity index (χ4v) is 4.32. The highest BCUT2D eigenvalue weighted by Crippen LogP contribution is 2.30. The van der Waals surface area contributed by atoms with E-state index in [2.05, 4.69) is 37.6 Å². The Morgan fingerprint density at radius 3 is 2.62 bits per heavy atom. The van der Waals surface area contributed by atoms with Gasteiger partial charge >= 0.3 is 0 Å². The van der Waals surface area contributed by atoms with E-state index >= 15 is 0 Å². The Balaban J connectivity index is 1.53. The summed E-state index contributed by atoms with van der Waals surface area (Å²) in [4.78, 5) is 15.8. The van der Waals surface area contributed by atoms with Gasteiger partial charge in [0.2, 0.25) is 11.3 Å². The first-order valence-electron chi connectivity index (χ1n) is 9.47. The zero-order valence-corrected chi connectivity index (χ0v) is 16.5. The molecule has 1 aliphatic rings. The molecule has 29 heavy (non-hydrogen) atoms. The van der Waals surface area contributed by atoms with E-state index in [1.54, 1.807) is 6.20 Å². The summed E-state index contributed by atoms with van der Waals surface area (Å²) in [5, 5.41) is 11.4. The second-order valence-electron chi connectivity index (χ2n) is 6.77. The molecule has 3 aromatic heterocycles. The summed E-state index contributed by atoms with van der Waals surface area (Å²) in [6.45, 7) is 2.54. The van der Waals surface area contributed by atoms with Crippen molar-refractivity contribution in [3.63, 3.8) is 0 Å². The van der Waals surface area contributed by atoms with E-state index in [4.69, 9.17) is 14.6 Å². The van der Waals surface area contributed by atoms with Crippen molar-refractivity contribution in [2.75, 3.05) is 34.8 Å². The summed E-state index contributed by atoms with van der Waals surface area (Å²) in [5.41, 5.74) is 1.98. The molecule has 0 saturated carbocycles. The van der Waals surface area contributed by atoms with Gasteiger partial charge in [-0.3, -0.25) is 0 Å². The molecule has 148 valence electrons. The summed E-state index contributed by atoms with van der Waals surface area (Å²) in [6.07, 6.45) is 5.55. The number of nitrogens with one attached hydrogen (secondary N) is 1. The molecule has 0 spiro atoms. The molecule has 1 aliphatic heterocycles. The van der Waals surface area contributed by atoms with Gasteiger partial charge in [-0.05, 0) is 15.9 Å². The Morgan fingerprint density at radius 1 is 1.07 bits per heavy atom. The number of rotatable bonds is 6. The van der Waals surface area contributed by atoms with Gasteiger partial charge in [-0.2, -0.15) is 11.8 Å². The van der Waals surface area contributed by atoms with Gasteiger partial charge in [-0.15, -0.1) is 0 Å². The minimum absolute atomic E-state index is 0.0186. The van der Waals surface area contributed by atoms with Crippen LogP contribution in [0.5, 0.6) is 0 Å². The molecule has 0 bridgehead atoms. The van der Waals surface area contributed by atoms with Crippen LogP contribution in [0.4, 0.5) is 11.6 Å². The van der Waals surface area contributed by atoms with E-state index in [9.17, 15) is 0 Å². The van der Waals surface area contributed by atoms with Crippen molar-refractivity contribution in [3.05, 3.63) is 54.6 Å². The first-order valence-corrected chi connectivity index (χ1v) is 10.6. The molecule has 10 heteroatoms. The molecule has 1 N–H and O–H groups in total. The summed E-state index contributed by atoms with van der Waals surface area (Å²) >= 11 is 1.95. The maximum Gasteiger partial charge on any atom is 0.245 e. The van der Waals surface area contributed by atoms with Gasteiger partial charge in [0, 0.05) is 43.5 Å². The number of hydrogen-bond acceptors (Lipinski definition) is 9. The van der Waals surface area contributed by atoms with Gasteiger partial charge < -0.3 is 14.8 Å². The molecule has 9 nitrogen and oxygen atoms in total. The predicted octanol–water partition coefficient (Wildman–Crippen LogP) is 2.62. The van der Waals surface area contributed by atoms with Crippen molar-refractivity contribution in [3.8, 4) is 0 Å². The van der Waals surface area contributed by atoms with E-state index in [-0.39, 0.29) is 6.04 Å². The Labute approximate surface area is 171 Å². The van der Waals surface area contributed by atoms with Crippen LogP contribution in [0.1, 0.15) is 11.6 Å². The number of anilines is 2. The number of benzene rings is 1. The van der Waals surface area contributed by atoms with E-state index in [1.807, 2.05) is 47.1 Å². The standard InChI is InChI=1S/C19H20N8OS/c1-2-4-14(5-3-1)15(12-26-7-6-20-13-26)21-18-19(27-8-10-29-11-9-27)23-17-16(22-18)24-28-25-17/h1-7,13,15H,8-12H2,(H,21,22,24)/t15-/m0/s1. The van der Waals surface area contributed by atoms with Gasteiger partial charge in [0.1, 0.15) is 0 Å². The van der Waals surface area contributed by atoms with Crippen LogP contribution in [0.2, 0.25) is 0 Å². The van der Waals surface area contributed by atoms with Gasteiger partial charge in [-0.25, -0.2) is 19.6 Å². The van der Waals surface area contributed by atoms with Crippen LogP contribution < -0.4 is 10.2 Å². The summed E-state index contributed by atoms with van der Waals surface area (Å²) in [7, 11) is 0. The highest BCUT2D eigenvalue weighted by atomic mass is 32.2. The normalized spacial score (nSPS) is 15.5. The highest BCUT2D eigenvalue weighted by Gasteiger charge is 2.23. The molecule has 5 rings (SSSR count). The first kappa shape index (κ1) is 17.9. The maximum atomic E-state index is 4.85. The molecule has 0 unspecified atom stereocenters. The lowest BCUT2D eigenvalue weighted by molar-refractivity contribution is 0.314. The van der Waals surface area contributed by atoms with E-state index in [1.165, 1.54) is 0 Å². The molecule has 0 radical (unpaired) electrons. The van der Waals surface area contributed by atoms with Crippen LogP contribution in [-0.2, 0) is 6.54 Å². The summed E-state index contributed by atoms with van der Waals surface area (Å²) < 4.78 is 6.90. The maximum absolute atomic E-state index is 4.85. The average Bonchev–Trinajstić information content (AvgIpc) is 3.45. The van der Waals surface area contributed by atoms with Crippen molar-refractivity contribution >= 4 is 34.7 Å². The fourth-order valence-electron chi connectivity index (χ4n) is 3.41. The van der Waals surface area contributed by atoms with Crippen LogP contribution in [0.25, 0.3) is 11.3 Å². The Bertz CT molecular complexity index is 1060. The average molecular weight is 408 g/mol. The molecule has 4 heterocycles. The summed E-state index contributed by atoms with van der Waals surface area (Å²) in [5.74, 6) is 3.61. The smallest absolute Gasteiger partial charge is 0.245 e. The minimum Gasteiger partial charge on any atom is -0.358 e. The fraction of sp³-hybridized carbons (Fsp3) is 0.316. The lowest BCUT2D eigenvalue weighted by atomic mass is 10.1. The third kappa shape index (κ3) is 3.88.